The molecule has 3 nitrogen and oxygen atoms in total. The molecule has 0 saturated carbocycles. The summed E-state index contributed by atoms with van der Waals surface area (Å²) in [5.41, 5.74) is 11.7. The molecule has 0 N–H and O–H groups in total. The Morgan fingerprint density at radius 1 is 0.386 bits per heavy atom. The first-order valence-electron chi connectivity index (χ1n) is 19.7. The van der Waals surface area contributed by atoms with Crippen molar-refractivity contribution in [1.82, 2.24) is 14.5 Å². The molecule has 0 aliphatic carbocycles. The van der Waals surface area contributed by atoms with Gasteiger partial charge in [-0.15, -0.1) is 0 Å². The first kappa shape index (κ1) is 33.0. The zero-order chi connectivity index (χ0) is 37.9. The minimum atomic E-state index is 0.801. The zero-order valence-electron chi connectivity index (χ0n) is 31.5. The van der Waals surface area contributed by atoms with E-state index in [2.05, 4.69) is 206 Å². The fraction of sp³-hybridized carbons (Fsp3) is 0.0370. The van der Waals surface area contributed by atoms with E-state index in [4.69, 9.17) is 9.97 Å². The summed E-state index contributed by atoms with van der Waals surface area (Å²) in [5.74, 6) is 1.03. The standard InChI is InChI=1S/C54H37N3/c1-2-54-56-50-21-11-12-22-53(50)57(54)45-30-43(49-32-40-17-7-8-18-46(40)47-19-9-10-20-48(47)49)29-44(31-45)52-34-42(39-25-23-35-13-3-5-15-37(35)27-39)33-51(55-52)41-26-24-36-14-4-6-16-38(36)28-41/h3-34H,2H2,1H3. The molecule has 0 unspecified atom stereocenters. The van der Waals surface area contributed by atoms with Crippen LogP contribution in [0.1, 0.15) is 12.7 Å². The lowest BCUT2D eigenvalue weighted by Crippen LogP contribution is -2.02. The Bertz CT molecular complexity index is 3260. The van der Waals surface area contributed by atoms with E-state index in [0.29, 0.717) is 0 Å². The lowest BCUT2D eigenvalue weighted by atomic mass is 9.91. The maximum absolute atomic E-state index is 5.52. The van der Waals surface area contributed by atoms with Gasteiger partial charge in [-0.25, -0.2) is 9.97 Å². The lowest BCUT2D eigenvalue weighted by molar-refractivity contribution is 0.908. The molecule has 2 heterocycles. The van der Waals surface area contributed by atoms with Crippen LogP contribution in [0.4, 0.5) is 0 Å². The van der Waals surface area contributed by atoms with Crippen LogP contribution in [-0.4, -0.2) is 14.5 Å². The molecule has 0 spiro atoms. The van der Waals surface area contributed by atoms with Crippen molar-refractivity contribution in [2.45, 2.75) is 13.3 Å². The predicted octanol–water partition coefficient (Wildman–Crippen LogP) is 14.3. The number of pyridine rings is 1. The molecule has 268 valence electrons. The van der Waals surface area contributed by atoms with E-state index in [1.54, 1.807) is 0 Å². The number of hydrogen-bond acceptors (Lipinski definition) is 2. The van der Waals surface area contributed by atoms with Crippen molar-refractivity contribution in [1.29, 1.82) is 0 Å². The number of benzene rings is 9. The van der Waals surface area contributed by atoms with Gasteiger partial charge in [0, 0.05) is 23.2 Å². The molecule has 3 heteroatoms. The molecule has 0 radical (unpaired) electrons. The molecule has 0 bridgehead atoms. The van der Waals surface area contributed by atoms with Crippen molar-refractivity contribution >= 4 is 54.1 Å². The Balaban J connectivity index is 1.20. The van der Waals surface area contributed by atoms with E-state index in [1.165, 1.54) is 48.7 Å². The van der Waals surface area contributed by atoms with Crippen molar-refractivity contribution in [3.63, 3.8) is 0 Å². The largest absolute Gasteiger partial charge is 0.296 e. The molecule has 11 aromatic rings. The first-order valence-corrected chi connectivity index (χ1v) is 19.7. The second-order valence-electron chi connectivity index (χ2n) is 14.9. The van der Waals surface area contributed by atoms with Crippen molar-refractivity contribution in [2.75, 3.05) is 0 Å². The fourth-order valence-electron chi connectivity index (χ4n) is 8.65. The molecule has 2 aromatic heterocycles. The Morgan fingerprint density at radius 2 is 0.965 bits per heavy atom. The fourth-order valence-corrected chi connectivity index (χ4v) is 8.65. The number of aromatic nitrogens is 3. The molecule has 11 rings (SSSR count). The number of rotatable bonds is 6. The van der Waals surface area contributed by atoms with Crippen LogP contribution < -0.4 is 0 Å². The summed E-state index contributed by atoms with van der Waals surface area (Å²) in [7, 11) is 0. The van der Waals surface area contributed by atoms with Gasteiger partial charge >= 0.3 is 0 Å². The SMILES string of the molecule is CCc1nc2ccccc2n1-c1cc(-c2cc(-c3ccc4ccccc4c3)cc(-c3ccc4ccccc4c3)n2)cc(-c2cc3ccccc3c3ccccc23)c1. The van der Waals surface area contributed by atoms with Gasteiger partial charge in [-0.2, -0.15) is 0 Å². The second-order valence-corrected chi connectivity index (χ2v) is 14.9. The Morgan fingerprint density at radius 3 is 1.72 bits per heavy atom. The predicted molar refractivity (Wildman–Crippen MR) is 240 cm³/mol. The third kappa shape index (κ3) is 5.75. The van der Waals surface area contributed by atoms with E-state index in [1.807, 2.05) is 0 Å². The first-order chi connectivity index (χ1) is 28.2. The Kier molecular flexibility index (Phi) is 7.78. The zero-order valence-corrected chi connectivity index (χ0v) is 31.5. The summed E-state index contributed by atoms with van der Waals surface area (Å²) in [6, 6.07) is 70.3. The quantitative estimate of drug-likeness (QED) is 0.160. The summed E-state index contributed by atoms with van der Waals surface area (Å²) < 4.78 is 2.34. The highest BCUT2D eigenvalue weighted by atomic mass is 15.1. The Labute approximate surface area is 331 Å². The number of aryl methyl sites for hydroxylation is 1. The summed E-state index contributed by atoms with van der Waals surface area (Å²) in [5, 5.41) is 9.79. The van der Waals surface area contributed by atoms with Crippen molar-refractivity contribution in [3.05, 3.63) is 200 Å². The minimum Gasteiger partial charge on any atom is -0.296 e. The van der Waals surface area contributed by atoms with Gasteiger partial charge in [0.15, 0.2) is 0 Å². The van der Waals surface area contributed by atoms with Crippen LogP contribution in [0.15, 0.2) is 194 Å². The molecule has 0 aliphatic heterocycles. The highest BCUT2D eigenvalue weighted by molar-refractivity contribution is 6.14. The lowest BCUT2D eigenvalue weighted by Gasteiger charge is -2.17. The molecule has 0 saturated heterocycles. The average Bonchev–Trinajstić information content (AvgIpc) is 3.67. The second kappa shape index (κ2) is 13.4. The van der Waals surface area contributed by atoms with Gasteiger partial charge in [0.2, 0.25) is 0 Å². The number of nitrogens with zero attached hydrogens (tertiary/aromatic N) is 3. The molecule has 0 fully saturated rings. The summed E-state index contributed by atoms with van der Waals surface area (Å²) in [6.07, 6.45) is 0.801. The number of hydrogen-bond donors (Lipinski definition) is 0. The Hall–Kier alpha value is -7.36. The summed E-state index contributed by atoms with van der Waals surface area (Å²) >= 11 is 0. The molecule has 0 aliphatic rings. The van der Waals surface area contributed by atoms with Gasteiger partial charge in [-0.1, -0.05) is 140 Å². The highest BCUT2D eigenvalue weighted by Gasteiger charge is 2.18. The topological polar surface area (TPSA) is 30.7 Å². The molecular weight excluding hydrogens is 691 g/mol. The van der Waals surface area contributed by atoms with Gasteiger partial charge in [0.25, 0.3) is 0 Å². The van der Waals surface area contributed by atoms with Crippen LogP contribution >= 0.6 is 0 Å². The maximum Gasteiger partial charge on any atom is 0.114 e. The van der Waals surface area contributed by atoms with Crippen LogP contribution in [0.5, 0.6) is 0 Å². The monoisotopic (exact) mass is 727 g/mol. The molecule has 0 amide bonds. The number of para-hydroxylation sites is 2. The minimum absolute atomic E-state index is 0.801. The van der Waals surface area contributed by atoms with Crippen molar-refractivity contribution in [3.8, 4) is 50.5 Å². The van der Waals surface area contributed by atoms with Crippen LogP contribution in [0.25, 0.3) is 105 Å². The van der Waals surface area contributed by atoms with Gasteiger partial charge in [-0.3, -0.25) is 4.57 Å². The van der Waals surface area contributed by atoms with Gasteiger partial charge in [0.1, 0.15) is 5.82 Å². The highest BCUT2D eigenvalue weighted by Crippen LogP contribution is 2.40. The van der Waals surface area contributed by atoms with E-state index in [-0.39, 0.29) is 0 Å². The van der Waals surface area contributed by atoms with Gasteiger partial charge < -0.3 is 0 Å². The average molecular weight is 728 g/mol. The van der Waals surface area contributed by atoms with Crippen molar-refractivity contribution in [2.24, 2.45) is 0 Å². The van der Waals surface area contributed by atoms with E-state index < -0.39 is 0 Å². The van der Waals surface area contributed by atoms with E-state index in [9.17, 15) is 0 Å². The molecular formula is C54H37N3. The third-order valence-corrected chi connectivity index (χ3v) is 11.5. The summed E-state index contributed by atoms with van der Waals surface area (Å²) in [6.45, 7) is 2.18. The third-order valence-electron chi connectivity index (χ3n) is 11.5. The molecule has 0 atom stereocenters. The number of fused-ring (bicyclic) bond motifs is 6. The van der Waals surface area contributed by atoms with Crippen LogP contribution in [0.3, 0.4) is 0 Å². The van der Waals surface area contributed by atoms with E-state index in [0.717, 1.165) is 68.2 Å². The molecule has 9 aromatic carbocycles. The summed E-state index contributed by atoms with van der Waals surface area (Å²) in [4.78, 5) is 10.6. The number of imidazole rings is 1. The van der Waals surface area contributed by atoms with Crippen molar-refractivity contribution < 1.29 is 0 Å². The maximum atomic E-state index is 5.52. The smallest absolute Gasteiger partial charge is 0.114 e. The van der Waals surface area contributed by atoms with E-state index >= 15 is 0 Å². The molecule has 57 heavy (non-hydrogen) atoms. The van der Waals surface area contributed by atoms with Gasteiger partial charge in [-0.05, 0) is 126 Å². The normalized spacial score (nSPS) is 11.7. The van der Waals surface area contributed by atoms with Gasteiger partial charge in [0.05, 0.1) is 22.4 Å². The van der Waals surface area contributed by atoms with Crippen LogP contribution in [0, 0.1) is 0 Å². The van der Waals surface area contributed by atoms with Crippen LogP contribution in [-0.2, 0) is 6.42 Å². The van der Waals surface area contributed by atoms with Crippen LogP contribution in [0.2, 0.25) is 0 Å².